The normalized spacial score (nSPS) is 10.9. The molecule has 0 fully saturated rings. The van der Waals surface area contributed by atoms with Gasteiger partial charge in [0.2, 0.25) is 0 Å². The molecule has 0 aliphatic heterocycles. The summed E-state index contributed by atoms with van der Waals surface area (Å²) in [5.74, 6) is -0.574. The standard InChI is InChI=1S/C18H21F2N3O/c1-12-5-17(18(24-4)9-16(12)22-11-23(2)3)21-10-13-6-14(19)8-15(20)7-13/h5-9,11,21H,10H2,1-4H3/b22-11-. The molecule has 4 nitrogen and oxygen atoms in total. The Morgan fingerprint density at radius 1 is 1.12 bits per heavy atom. The van der Waals surface area contributed by atoms with E-state index < -0.39 is 11.6 Å². The third-order valence-electron chi connectivity index (χ3n) is 3.35. The summed E-state index contributed by atoms with van der Waals surface area (Å²) in [6, 6.07) is 7.17. The van der Waals surface area contributed by atoms with E-state index in [2.05, 4.69) is 10.3 Å². The van der Waals surface area contributed by atoms with E-state index in [1.165, 1.54) is 12.1 Å². The number of benzene rings is 2. The number of rotatable bonds is 6. The summed E-state index contributed by atoms with van der Waals surface area (Å²) in [5, 5.41) is 3.15. The highest BCUT2D eigenvalue weighted by Gasteiger charge is 2.08. The first kappa shape index (κ1) is 17.7. The van der Waals surface area contributed by atoms with Crippen molar-refractivity contribution in [3.63, 3.8) is 0 Å². The van der Waals surface area contributed by atoms with Gasteiger partial charge in [0.15, 0.2) is 0 Å². The largest absolute Gasteiger partial charge is 0.495 e. The van der Waals surface area contributed by atoms with Crippen LogP contribution in [0.15, 0.2) is 35.3 Å². The summed E-state index contributed by atoms with van der Waals surface area (Å²) >= 11 is 0. The number of aryl methyl sites for hydroxylation is 1. The van der Waals surface area contributed by atoms with Crippen LogP contribution in [0.1, 0.15) is 11.1 Å². The van der Waals surface area contributed by atoms with Crippen LogP contribution in [0.5, 0.6) is 5.75 Å². The maximum absolute atomic E-state index is 13.3. The molecule has 0 spiro atoms. The van der Waals surface area contributed by atoms with E-state index >= 15 is 0 Å². The van der Waals surface area contributed by atoms with Crippen molar-refractivity contribution in [3.8, 4) is 5.75 Å². The van der Waals surface area contributed by atoms with Gasteiger partial charge in [0.25, 0.3) is 0 Å². The molecule has 2 aromatic rings. The number of anilines is 1. The molecule has 128 valence electrons. The lowest BCUT2D eigenvalue weighted by atomic mass is 10.1. The van der Waals surface area contributed by atoms with Crippen LogP contribution in [0, 0.1) is 18.6 Å². The smallest absolute Gasteiger partial charge is 0.144 e. The highest BCUT2D eigenvalue weighted by molar-refractivity contribution is 5.69. The second-order valence-corrected chi connectivity index (χ2v) is 5.68. The van der Waals surface area contributed by atoms with Gasteiger partial charge in [-0.3, -0.25) is 0 Å². The molecule has 2 aromatic carbocycles. The second kappa shape index (κ2) is 7.77. The van der Waals surface area contributed by atoms with Crippen LogP contribution < -0.4 is 10.1 Å². The molecule has 0 atom stereocenters. The number of ether oxygens (including phenoxy) is 1. The predicted molar refractivity (Wildman–Crippen MR) is 93.3 cm³/mol. The van der Waals surface area contributed by atoms with Crippen molar-refractivity contribution >= 4 is 17.7 Å². The zero-order chi connectivity index (χ0) is 17.7. The van der Waals surface area contributed by atoms with E-state index in [1.807, 2.05) is 38.1 Å². The number of aliphatic imine (C=N–C) groups is 1. The van der Waals surface area contributed by atoms with Crippen molar-refractivity contribution in [1.82, 2.24) is 4.90 Å². The van der Waals surface area contributed by atoms with Crippen LogP contribution in [0.25, 0.3) is 0 Å². The van der Waals surface area contributed by atoms with Crippen molar-refractivity contribution < 1.29 is 13.5 Å². The number of halogens is 2. The zero-order valence-corrected chi connectivity index (χ0v) is 14.2. The first-order valence-electron chi connectivity index (χ1n) is 7.47. The van der Waals surface area contributed by atoms with Gasteiger partial charge in [0.1, 0.15) is 17.4 Å². The Balaban J connectivity index is 2.22. The van der Waals surface area contributed by atoms with Crippen LogP contribution in [0.3, 0.4) is 0 Å². The zero-order valence-electron chi connectivity index (χ0n) is 14.2. The van der Waals surface area contributed by atoms with Gasteiger partial charge in [0, 0.05) is 32.8 Å². The molecule has 2 rings (SSSR count). The summed E-state index contributed by atoms with van der Waals surface area (Å²) in [6.07, 6.45) is 1.71. The summed E-state index contributed by atoms with van der Waals surface area (Å²) < 4.78 is 31.9. The molecule has 0 unspecified atom stereocenters. The minimum atomic E-state index is -0.594. The van der Waals surface area contributed by atoms with Crippen molar-refractivity contribution in [3.05, 3.63) is 53.1 Å². The molecule has 0 aromatic heterocycles. The molecule has 1 N–H and O–H groups in total. The minimum Gasteiger partial charge on any atom is -0.495 e. The Labute approximate surface area is 140 Å². The third-order valence-corrected chi connectivity index (χ3v) is 3.35. The lowest BCUT2D eigenvalue weighted by Crippen LogP contribution is -2.07. The van der Waals surface area contributed by atoms with Gasteiger partial charge < -0.3 is 15.0 Å². The Bertz CT molecular complexity index is 725. The molecule has 0 saturated carbocycles. The van der Waals surface area contributed by atoms with Crippen molar-refractivity contribution in [2.24, 2.45) is 4.99 Å². The van der Waals surface area contributed by atoms with Gasteiger partial charge in [-0.25, -0.2) is 13.8 Å². The highest BCUT2D eigenvalue weighted by Crippen LogP contribution is 2.33. The van der Waals surface area contributed by atoms with E-state index in [4.69, 9.17) is 4.74 Å². The molecule has 0 radical (unpaired) electrons. The van der Waals surface area contributed by atoms with E-state index in [0.717, 1.165) is 23.0 Å². The quantitative estimate of drug-likeness (QED) is 0.638. The predicted octanol–water partition coefficient (Wildman–Crippen LogP) is 4.12. The molecule has 6 heteroatoms. The number of methoxy groups -OCH3 is 1. The first-order chi connectivity index (χ1) is 11.4. The molecule has 0 saturated heterocycles. The maximum atomic E-state index is 13.3. The van der Waals surface area contributed by atoms with Crippen LogP contribution in [0.2, 0.25) is 0 Å². The molecule has 0 aliphatic rings. The Morgan fingerprint density at radius 2 is 1.79 bits per heavy atom. The second-order valence-electron chi connectivity index (χ2n) is 5.68. The highest BCUT2D eigenvalue weighted by atomic mass is 19.1. The Morgan fingerprint density at radius 3 is 2.38 bits per heavy atom. The van der Waals surface area contributed by atoms with E-state index in [0.29, 0.717) is 11.3 Å². The number of hydrogen-bond acceptors (Lipinski definition) is 3. The van der Waals surface area contributed by atoms with Gasteiger partial charge in [-0.2, -0.15) is 0 Å². The average Bonchev–Trinajstić information content (AvgIpc) is 2.50. The fourth-order valence-electron chi connectivity index (χ4n) is 2.21. The summed E-state index contributed by atoms with van der Waals surface area (Å²) in [7, 11) is 5.35. The molecular weight excluding hydrogens is 312 g/mol. The molecular formula is C18H21F2N3O. The average molecular weight is 333 g/mol. The third kappa shape index (κ3) is 4.68. The summed E-state index contributed by atoms with van der Waals surface area (Å²) in [6.45, 7) is 2.22. The van der Waals surface area contributed by atoms with Gasteiger partial charge in [-0.15, -0.1) is 0 Å². The maximum Gasteiger partial charge on any atom is 0.144 e. The van der Waals surface area contributed by atoms with Gasteiger partial charge in [-0.05, 0) is 36.2 Å². The lowest BCUT2D eigenvalue weighted by molar-refractivity contribution is 0.416. The Kier molecular flexibility index (Phi) is 5.73. The molecule has 0 aliphatic carbocycles. The van der Waals surface area contributed by atoms with E-state index in [1.54, 1.807) is 13.4 Å². The van der Waals surface area contributed by atoms with E-state index in [9.17, 15) is 8.78 Å². The van der Waals surface area contributed by atoms with Gasteiger partial charge >= 0.3 is 0 Å². The first-order valence-corrected chi connectivity index (χ1v) is 7.47. The lowest BCUT2D eigenvalue weighted by Gasteiger charge is -2.14. The van der Waals surface area contributed by atoms with Gasteiger partial charge in [-0.1, -0.05) is 0 Å². The monoisotopic (exact) mass is 333 g/mol. The molecule has 0 bridgehead atoms. The van der Waals surface area contributed by atoms with Crippen LogP contribution in [0.4, 0.5) is 20.2 Å². The number of nitrogens with one attached hydrogen (secondary N) is 1. The molecule has 0 heterocycles. The molecule has 24 heavy (non-hydrogen) atoms. The van der Waals surface area contributed by atoms with Crippen molar-refractivity contribution in [2.45, 2.75) is 13.5 Å². The SMILES string of the molecule is COc1cc(/N=C\N(C)C)c(C)cc1NCc1cc(F)cc(F)c1. The van der Waals surface area contributed by atoms with Crippen molar-refractivity contribution in [1.29, 1.82) is 0 Å². The van der Waals surface area contributed by atoms with Gasteiger partial charge in [0.05, 0.1) is 24.8 Å². The van der Waals surface area contributed by atoms with Crippen LogP contribution in [-0.4, -0.2) is 32.4 Å². The number of nitrogens with zero attached hydrogens (tertiary/aromatic N) is 2. The Hall–Kier alpha value is -2.63. The fraction of sp³-hybridized carbons (Fsp3) is 0.278. The summed E-state index contributed by atoms with van der Waals surface area (Å²) in [4.78, 5) is 6.23. The summed E-state index contributed by atoms with van der Waals surface area (Å²) in [5.41, 5.74) is 3.01. The van der Waals surface area contributed by atoms with E-state index in [-0.39, 0.29) is 6.54 Å². The fourth-order valence-corrected chi connectivity index (χ4v) is 2.21. The minimum absolute atomic E-state index is 0.283. The topological polar surface area (TPSA) is 36.9 Å². The number of hydrogen-bond donors (Lipinski definition) is 1. The molecule has 0 amide bonds. The van der Waals surface area contributed by atoms with Crippen molar-refractivity contribution in [2.75, 3.05) is 26.5 Å². The van der Waals surface area contributed by atoms with Crippen LogP contribution in [-0.2, 0) is 6.54 Å². The van der Waals surface area contributed by atoms with Crippen LogP contribution >= 0.6 is 0 Å².